The molecule has 3 rings (SSSR count). The van der Waals surface area contributed by atoms with E-state index in [0.717, 1.165) is 55.1 Å². The first-order valence-corrected chi connectivity index (χ1v) is 9.56. The summed E-state index contributed by atoms with van der Waals surface area (Å²) in [5.41, 5.74) is 10.1. The van der Waals surface area contributed by atoms with Gasteiger partial charge in [0.1, 0.15) is 5.75 Å². The second-order valence-electron chi connectivity index (χ2n) is 7.10. The van der Waals surface area contributed by atoms with Crippen molar-refractivity contribution in [3.63, 3.8) is 0 Å². The van der Waals surface area contributed by atoms with Crippen molar-refractivity contribution in [2.24, 2.45) is 5.73 Å². The first-order chi connectivity index (χ1) is 12.5. The molecule has 140 valence electrons. The van der Waals surface area contributed by atoms with Crippen LogP contribution in [0.4, 0.5) is 0 Å². The van der Waals surface area contributed by atoms with Crippen LogP contribution in [0.3, 0.4) is 0 Å². The number of aromatic nitrogens is 1. The molecule has 2 heterocycles. The Kier molecular flexibility index (Phi) is 5.67. The summed E-state index contributed by atoms with van der Waals surface area (Å²) in [4.78, 5) is 14.7. The molecule has 1 aliphatic heterocycles. The van der Waals surface area contributed by atoms with Crippen molar-refractivity contribution in [1.29, 1.82) is 0 Å². The predicted octanol–water partition coefficient (Wildman–Crippen LogP) is 3.32. The summed E-state index contributed by atoms with van der Waals surface area (Å²) in [7, 11) is 0. The monoisotopic (exact) mass is 355 g/mol. The molecule has 2 aromatic rings. The van der Waals surface area contributed by atoms with Crippen molar-refractivity contribution < 1.29 is 9.90 Å². The number of amides is 1. The van der Waals surface area contributed by atoms with Crippen LogP contribution in [0.25, 0.3) is 11.1 Å². The van der Waals surface area contributed by atoms with Crippen LogP contribution < -0.4 is 5.73 Å². The number of phenolic OH excluding ortho intramolecular Hbond substituents is 1. The average molecular weight is 355 g/mol. The highest BCUT2D eigenvalue weighted by molar-refractivity contribution is 6.02. The maximum atomic E-state index is 12.2. The zero-order chi connectivity index (χ0) is 18.7. The van der Waals surface area contributed by atoms with Gasteiger partial charge in [-0.15, -0.1) is 0 Å². The number of nitrogens with two attached hydrogens (primary N) is 1. The Morgan fingerprint density at radius 1 is 1.19 bits per heavy atom. The highest BCUT2D eigenvalue weighted by Crippen LogP contribution is 2.34. The highest BCUT2D eigenvalue weighted by atomic mass is 16.3. The van der Waals surface area contributed by atoms with Gasteiger partial charge in [-0.05, 0) is 57.0 Å². The minimum Gasteiger partial charge on any atom is -0.508 e. The normalized spacial score (nSPS) is 15.3. The molecule has 1 saturated heterocycles. The summed E-state index contributed by atoms with van der Waals surface area (Å²) < 4.78 is 2.24. The molecule has 0 atom stereocenters. The number of primary amides is 1. The maximum Gasteiger partial charge on any atom is 0.251 e. The Hall–Kier alpha value is -2.27. The molecule has 1 aliphatic rings. The van der Waals surface area contributed by atoms with E-state index in [-0.39, 0.29) is 5.75 Å². The van der Waals surface area contributed by atoms with E-state index in [1.165, 1.54) is 19.3 Å². The van der Waals surface area contributed by atoms with E-state index in [9.17, 15) is 9.90 Å². The van der Waals surface area contributed by atoms with Gasteiger partial charge in [0.05, 0.1) is 5.56 Å². The van der Waals surface area contributed by atoms with E-state index in [0.29, 0.717) is 5.56 Å². The minimum absolute atomic E-state index is 0.193. The fraction of sp³-hybridized carbons (Fsp3) is 0.476. The summed E-state index contributed by atoms with van der Waals surface area (Å²) in [5.74, 6) is -0.217. The maximum absolute atomic E-state index is 12.2. The number of rotatable bonds is 6. The number of carbonyl (C=O) groups is 1. The third-order valence-electron chi connectivity index (χ3n) is 5.44. The summed E-state index contributed by atoms with van der Waals surface area (Å²) >= 11 is 0. The van der Waals surface area contributed by atoms with Crippen LogP contribution in [0.5, 0.6) is 5.75 Å². The van der Waals surface area contributed by atoms with E-state index in [4.69, 9.17) is 5.73 Å². The number of benzene rings is 1. The fourth-order valence-corrected chi connectivity index (χ4v) is 4.17. The van der Waals surface area contributed by atoms with Gasteiger partial charge in [-0.2, -0.15) is 0 Å². The Balaban J connectivity index is 2.01. The average Bonchev–Trinajstić information content (AvgIpc) is 2.92. The van der Waals surface area contributed by atoms with Crippen LogP contribution in [0.1, 0.15) is 47.9 Å². The van der Waals surface area contributed by atoms with Crippen molar-refractivity contribution in [2.45, 2.75) is 46.1 Å². The van der Waals surface area contributed by atoms with Crippen LogP contribution >= 0.6 is 0 Å². The lowest BCUT2D eigenvalue weighted by molar-refractivity contribution is 0.1000. The molecule has 3 N–H and O–H groups in total. The lowest BCUT2D eigenvalue weighted by Crippen LogP contribution is -2.33. The summed E-state index contributed by atoms with van der Waals surface area (Å²) in [5, 5.41) is 9.89. The lowest BCUT2D eigenvalue weighted by Gasteiger charge is -2.27. The molecule has 0 aliphatic carbocycles. The fourth-order valence-electron chi connectivity index (χ4n) is 4.17. The molecule has 0 unspecified atom stereocenters. The van der Waals surface area contributed by atoms with Crippen molar-refractivity contribution in [3.8, 4) is 16.9 Å². The number of hydrogen-bond acceptors (Lipinski definition) is 3. The largest absolute Gasteiger partial charge is 0.508 e. The molecule has 1 amide bonds. The number of carbonyl (C=O) groups excluding carboxylic acids is 1. The van der Waals surface area contributed by atoms with Crippen LogP contribution in [0.15, 0.2) is 24.3 Å². The Labute approximate surface area is 155 Å². The van der Waals surface area contributed by atoms with E-state index in [2.05, 4.69) is 16.4 Å². The van der Waals surface area contributed by atoms with Crippen molar-refractivity contribution in [2.75, 3.05) is 19.6 Å². The van der Waals surface area contributed by atoms with Gasteiger partial charge in [0.15, 0.2) is 0 Å². The van der Waals surface area contributed by atoms with Crippen molar-refractivity contribution in [3.05, 3.63) is 41.2 Å². The molecular formula is C21H29N3O2. The summed E-state index contributed by atoms with van der Waals surface area (Å²) in [6, 6.07) is 7.07. The minimum atomic E-state index is -0.410. The van der Waals surface area contributed by atoms with Gasteiger partial charge >= 0.3 is 0 Å². The van der Waals surface area contributed by atoms with Crippen molar-refractivity contribution in [1.82, 2.24) is 9.47 Å². The number of hydrogen-bond donors (Lipinski definition) is 2. The topological polar surface area (TPSA) is 71.5 Å². The van der Waals surface area contributed by atoms with Crippen LogP contribution in [-0.2, 0) is 13.0 Å². The van der Waals surface area contributed by atoms with Gasteiger partial charge in [0, 0.05) is 30.0 Å². The smallest absolute Gasteiger partial charge is 0.251 e. The second-order valence-corrected chi connectivity index (χ2v) is 7.10. The molecule has 5 heteroatoms. The van der Waals surface area contributed by atoms with E-state index in [1.807, 2.05) is 13.0 Å². The molecule has 1 fully saturated rings. The molecule has 0 radical (unpaired) electrons. The lowest BCUT2D eigenvalue weighted by atomic mass is 9.98. The number of likely N-dealkylation sites (tertiary alicyclic amines) is 1. The van der Waals surface area contributed by atoms with Gasteiger partial charge in [-0.3, -0.25) is 4.79 Å². The quantitative estimate of drug-likeness (QED) is 0.835. The molecular weight excluding hydrogens is 326 g/mol. The molecule has 0 saturated carbocycles. The van der Waals surface area contributed by atoms with Crippen molar-refractivity contribution >= 4 is 5.91 Å². The first-order valence-electron chi connectivity index (χ1n) is 9.56. The van der Waals surface area contributed by atoms with Crippen LogP contribution in [-0.4, -0.2) is 40.1 Å². The molecule has 0 spiro atoms. The highest BCUT2D eigenvalue weighted by Gasteiger charge is 2.24. The molecule has 26 heavy (non-hydrogen) atoms. The Morgan fingerprint density at radius 2 is 1.92 bits per heavy atom. The van der Waals surface area contributed by atoms with E-state index < -0.39 is 5.91 Å². The van der Waals surface area contributed by atoms with Crippen LogP contribution in [0, 0.1) is 6.92 Å². The number of phenols is 1. The molecule has 5 nitrogen and oxygen atoms in total. The molecule has 1 aromatic carbocycles. The number of aromatic hydroxyl groups is 1. The number of nitrogens with zero attached hydrogens (tertiary/aromatic N) is 2. The third kappa shape index (κ3) is 3.63. The SMILES string of the molecule is CCc1c(-c2cccc(O)c2)c(C(N)=O)c(C)n1CCN1CCCCC1. The third-order valence-corrected chi connectivity index (χ3v) is 5.44. The summed E-state index contributed by atoms with van der Waals surface area (Å²) in [6.45, 7) is 8.23. The van der Waals surface area contributed by atoms with E-state index in [1.54, 1.807) is 18.2 Å². The zero-order valence-electron chi connectivity index (χ0n) is 15.8. The molecule has 0 bridgehead atoms. The second kappa shape index (κ2) is 7.96. The first kappa shape index (κ1) is 18.5. The van der Waals surface area contributed by atoms with Gasteiger partial charge in [0.2, 0.25) is 0 Å². The van der Waals surface area contributed by atoms with Gasteiger partial charge in [-0.1, -0.05) is 25.5 Å². The van der Waals surface area contributed by atoms with Gasteiger partial charge in [0.25, 0.3) is 5.91 Å². The zero-order valence-corrected chi connectivity index (χ0v) is 15.8. The predicted molar refractivity (Wildman–Crippen MR) is 104 cm³/mol. The van der Waals surface area contributed by atoms with Crippen LogP contribution in [0.2, 0.25) is 0 Å². The van der Waals surface area contributed by atoms with E-state index >= 15 is 0 Å². The Bertz CT molecular complexity index is 789. The summed E-state index contributed by atoms with van der Waals surface area (Å²) in [6.07, 6.45) is 4.67. The number of piperidine rings is 1. The van der Waals surface area contributed by atoms with Gasteiger partial charge in [-0.25, -0.2) is 0 Å². The molecule has 1 aromatic heterocycles. The Morgan fingerprint density at radius 3 is 2.54 bits per heavy atom. The van der Waals surface area contributed by atoms with Gasteiger partial charge < -0.3 is 20.3 Å². The standard InChI is InChI=1S/C21H29N3O2/c1-3-18-20(16-8-7-9-17(25)14-16)19(21(22)26)15(2)24(18)13-12-23-10-5-4-6-11-23/h7-9,14,25H,3-6,10-13H2,1-2H3,(H2,22,26).